The van der Waals surface area contributed by atoms with Crippen molar-refractivity contribution in [3.8, 4) is 34.5 Å². The second kappa shape index (κ2) is 15.4. The zero-order valence-electron chi connectivity index (χ0n) is 25.8. The van der Waals surface area contributed by atoms with Crippen LogP contribution in [-0.2, 0) is 12.8 Å². The Labute approximate surface area is 274 Å². The molecule has 47 heavy (non-hydrogen) atoms. The summed E-state index contributed by atoms with van der Waals surface area (Å²) in [7, 11) is 0. The summed E-state index contributed by atoms with van der Waals surface area (Å²) in [6, 6.07) is 42.9. The zero-order valence-corrected chi connectivity index (χ0v) is 25.8. The number of benzene rings is 6. The first-order valence-electron chi connectivity index (χ1n) is 15.5. The van der Waals surface area contributed by atoms with Gasteiger partial charge in [-0.3, -0.25) is 0 Å². The highest BCUT2D eigenvalue weighted by molar-refractivity contribution is 5.49. The van der Waals surface area contributed by atoms with Crippen molar-refractivity contribution in [1.82, 2.24) is 0 Å². The fourth-order valence-electron chi connectivity index (χ4n) is 5.92. The highest BCUT2D eigenvalue weighted by Gasteiger charge is 2.22. The summed E-state index contributed by atoms with van der Waals surface area (Å²) in [5.41, 5.74) is 4.61. The largest absolute Gasteiger partial charge is 0.508 e. The molecule has 0 fully saturated rings. The lowest BCUT2D eigenvalue weighted by atomic mass is 9.84. The van der Waals surface area contributed by atoms with Gasteiger partial charge in [-0.15, -0.1) is 0 Å². The van der Waals surface area contributed by atoms with Crippen LogP contribution in [0.5, 0.6) is 34.5 Å². The lowest BCUT2D eigenvalue weighted by Crippen LogP contribution is -2.06. The number of para-hydroxylation sites is 6. The summed E-state index contributed by atoms with van der Waals surface area (Å²) in [5, 5.41) is 61.0. The summed E-state index contributed by atoms with van der Waals surface area (Å²) in [6.45, 7) is 0. The van der Waals surface area contributed by atoms with E-state index >= 15 is 0 Å². The second-order valence-electron chi connectivity index (χ2n) is 11.3. The topological polar surface area (TPSA) is 121 Å². The zero-order chi connectivity index (χ0) is 33.2. The minimum Gasteiger partial charge on any atom is -0.508 e. The molecule has 0 spiro atoms. The molecule has 0 aliphatic heterocycles. The quantitative estimate of drug-likeness (QED) is 0.0955. The van der Waals surface area contributed by atoms with E-state index in [1.165, 1.54) is 0 Å². The average molecular weight is 627 g/mol. The minimum atomic E-state index is -0.259. The van der Waals surface area contributed by atoms with Crippen molar-refractivity contribution >= 4 is 0 Å². The monoisotopic (exact) mass is 626 g/mol. The second-order valence-corrected chi connectivity index (χ2v) is 11.3. The third-order valence-corrected chi connectivity index (χ3v) is 8.36. The molecule has 6 nitrogen and oxygen atoms in total. The molecule has 0 saturated heterocycles. The van der Waals surface area contributed by atoms with Gasteiger partial charge in [0, 0.05) is 34.1 Å². The Balaban J connectivity index is 0.000000185. The van der Waals surface area contributed by atoms with Crippen molar-refractivity contribution in [2.24, 2.45) is 0 Å². The molecule has 6 aromatic carbocycles. The van der Waals surface area contributed by atoms with E-state index in [1.807, 2.05) is 72.8 Å². The number of phenolic OH excluding ortho intramolecular Hbond substituents is 6. The van der Waals surface area contributed by atoms with Crippen molar-refractivity contribution in [2.75, 3.05) is 0 Å². The lowest BCUT2D eigenvalue weighted by Gasteiger charge is -2.20. The van der Waals surface area contributed by atoms with Crippen LogP contribution in [0.25, 0.3) is 0 Å². The first kappa shape index (κ1) is 32.5. The lowest BCUT2D eigenvalue weighted by molar-refractivity contribution is 0.448. The van der Waals surface area contributed by atoms with E-state index in [0.29, 0.717) is 19.3 Å². The summed E-state index contributed by atoms with van der Waals surface area (Å²) < 4.78 is 0. The number of hydrogen-bond donors (Lipinski definition) is 6. The van der Waals surface area contributed by atoms with E-state index in [4.69, 9.17) is 0 Å². The average Bonchev–Trinajstić information content (AvgIpc) is 3.08. The number of aromatic hydroxyl groups is 6. The molecule has 238 valence electrons. The molecule has 0 heterocycles. The van der Waals surface area contributed by atoms with Crippen molar-refractivity contribution in [3.63, 3.8) is 0 Å². The third-order valence-electron chi connectivity index (χ3n) is 8.36. The molecule has 0 radical (unpaired) electrons. The van der Waals surface area contributed by atoms with Gasteiger partial charge >= 0.3 is 0 Å². The normalized spacial score (nSPS) is 10.9. The first-order chi connectivity index (χ1) is 22.8. The van der Waals surface area contributed by atoms with Gasteiger partial charge in [-0.2, -0.15) is 0 Å². The Bertz CT molecular complexity index is 1830. The maximum atomic E-state index is 10.3. The van der Waals surface area contributed by atoms with Crippen LogP contribution in [0.15, 0.2) is 146 Å². The van der Waals surface area contributed by atoms with Gasteiger partial charge in [0.05, 0.1) is 0 Å². The third kappa shape index (κ3) is 8.05. The van der Waals surface area contributed by atoms with Crippen molar-refractivity contribution in [2.45, 2.75) is 31.1 Å². The maximum Gasteiger partial charge on any atom is 0.119 e. The van der Waals surface area contributed by atoms with Crippen LogP contribution < -0.4 is 0 Å². The van der Waals surface area contributed by atoms with Gasteiger partial charge in [-0.05, 0) is 66.8 Å². The standard InChI is InChI=1S/C21H20O3.C20H18O3/c22-19-10-4-1-7-15(19)13-14-16(17-8-2-5-11-20(17)23)18-9-3-6-12-21(18)24;21-18-10-4-1-7-14(18)13-17(15-8-2-5-11-19(15)22)16-9-3-6-12-20(16)23/h1-12,16,22-24H,13-14H2;1-12,17,21-23H,13H2. The minimum absolute atomic E-state index is 0.160. The molecule has 0 aromatic heterocycles. The first-order valence-corrected chi connectivity index (χ1v) is 15.5. The smallest absolute Gasteiger partial charge is 0.119 e. The summed E-state index contributed by atoms with van der Waals surface area (Å²) >= 11 is 0. The molecular formula is C41H38O6. The Kier molecular flexibility index (Phi) is 10.7. The molecule has 0 aliphatic carbocycles. The number of aryl methyl sites for hydroxylation is 1. The van der Waals surface area contributed by atoms with Gasteiger partial charge in [0.1, 0.15) is 34.5 Å². The molecule has 6 heteroatoms. The number of phenols is 6. The van der Waals surface area contributed by atoms with Crippen molar-refractivity contribution in [3.05, 3.63) is 179 Å². The van der Waals surface area contributed by atoms with Gasteiger partial charge < -0.3 is 30.6 Å². The van der Waals surface area contributed by atoms with Gasteiger partial charge in [-0.25, -0.2) is 0 Å². The predicted octanol–water partition coefficient (Wildman–Crippen LogP) is 8.75. The highest BCUT2D eigenvalue weighted by Crippen LogP contribution is 2.40. The van der Waals surface area contributed by atoms with Gasteiger partial charge in [0.15, 0.2) is 0 Å². The molecule has 6 N–H and O–H groups in total. The van der Waals surface area contributed by atoms with Crippen LogP contribution in [0.4, 0.5) is 0 Å². The SMILES string of the molecule is Oc1ccccc1CC(c1ccccc1O)c1ccccc1O.Oc1ccccc1CCC(c1ccccc1O)c1ccccc1O. The fourth-order valence-corrected chi connectivity index (χ4v) is 5.92. The molecule has 0 atom stereocenters. The van der Waals surface area contributed by atoms with E-state index in [-0.39, 0.29) is 46.3 Å². The van der Waals surface area contributed by atoms with E-state index in [0.717, 1.165) is 33.4 Å². The van der Waals surface area contributed by atoms with Crippen LogP contribution in [0, 0.1) is 0 Å². The Morgan fingerprint density at radius 1 is 0.319 bits per heavy atom. The fraction of sp³-hybridized carbons (Fsp3) is 0.122. The molecule has 0 amide bonds. The predicted molar refractivity (Wildman–Crippen MR) is 184 cm³/mol. The Morgan fingerprint density at radius 2 is 0.617 bits per heavy atom. The van der Waals surface area contributed by atoms with Gasteiger partial charge in [0.2, 0.25) is 0 Å². The number of hydrogen-bond acceptors (Lipinski definition) is 6. The molecule has 6 aromatic rings. The molecular weight excluding hydrogens is 588 g/mol. The van der Waals surface area contributed by atoms with Gasteiger partial charge in [0.25, 0.3) is 0 Å². The van der Waals surface area contributed by atoms with Crippen molar-refractivity contribution < 1.29 is 30.6 Å². The molecule has 0 bridgehead atoms. The summed E-state index contributed by atoms with van der Waals surface area (Å²) in [5.74, 6) is 0.838. The van der Waals surface area contributed by atoms with Crippen molar-refractivity contribution in [1.29, 1.82) is 0 Å². The van der Waals surface area contributed by atoms with E-state index < -0.39 is 0 Å². The van der Waals surface area contributed by atoms with Crippen LogP contribution in [-0.4, -0.2) is 30.6 Å². The Hall–Kier alpha value is -5.88. The molecule has 0 unspecified atom stereocenters. The molecule has 0 aliphatic rings. The van der Waals surface area contributed by atoms with Crippen LogP contribution >= 0.6 is 0 Å². The van der Waals surface area contributed by atoms with Gasteiger partial charge in [-0.1, -0.05) is 109 Å². The van der Waals surface area contributed by atoms with E-state index in [9.17, 15) is 30.6 Å². The highest BCUT2D eigenvalue weighted by atomic mass is 16.3. The number of rotatable bonds is 9. The van der Waals surface area contributed by atoms with E-state index in [1.54, 1.807) is 72.8 Å². The van der Waals surface area contributed by atoms with Crippen LogP contribution in [0.2, 0.25) is 0 Å². The molecule has 0 saturated carbocycles. The van der Waals surface area contributed by atoms with Crippen LogP contribution in [0.1, 0.15) is 51.6 Å². The summed E-state index contributed by atoms with van der Waals surface area (Å²) in [6.07, 6.45) is 1.77. The maximum absolute atomic E-state index is 10.3. The van der Waals surface area contributed by atoms with E-state index in [2.05, 4.69) is 0 Å². The summed E-state index contributed by atoms with van der Waals surface area (Å²) in [4.78, 5) is 0. The Morgan fingerprint density at radius 3 is 0.979 bits per heavy atom. The molecule has 6 rings (SSSR count). The van der Waals surface area contributed by atoms with Crippen LogP contribution in [0.3, 0.4) is 0 Å².